The predicted molar refractivity (Wildman–Crippen MR) is 93.3 cm³/mol. The summed E-state index contributed by atoms with van der Waals surface area (Å²) in [7, 11) is 0. The van der Waals surface area contributed by atoms with Crippen molar-refractivity contribution >= 4 is 23.6 Å². The van der Waals surface area contributed by atoms with Crippen LogP contribution in [0.3, 0.4) is 0 Å². The van der Waals surface area contributed by atoms with Crippen LogP contribution in [-0.4, -0.2) is 46.1 Å². The Hall–Kier alpha value is -1.96. The molecular formula is C16H23N5O2S. The molecule has 0 unspecified atom stereocenters. The second-order valence-electron chi connectivity index (χ2n) is 5.78. The first-order valence-electron chi connectivity index (χ1n) is 8.38. The molecule has 0 saturated carbocycles. The number of thioether (sulfide) groups is 1. The minimum absolute atomic E-state index is 0.0251. The fourth-order valence-electron chi connectivity index (χ4n) is 2.68. The van der Waals surface area contributed by atoms with E-state index >= 15 is 0 Å². The Bertz CT molecular complexity index is 649. The Morgan fingerprint density at radius 2 is 2.21 bits per heavy atom. The van der Waals surface area contributed by atoms with Crippen molar-refractivity contribution in [3.05, 3.63) is 24.2 Å². The van der Waals surface area contributed by atoms with E-state index in [4.69, 9.17) is 4.42 Å². The first-order chi connectivity index (χ1) is 11.8. The summed E-state index contributed by atoms with van der Waals surface area (Å²) in [5.74, 6) is 2.08. The summed E-state index contributed by atoms with van der Waals surface area (Å²) in [5.41, 5.74) is 0. The quantitative estimate of drug-likeness (QED) is 0.736. The smallest absolute Gasteiger partial charge is 0.230 e. The van der Waals surface area contributed by atoms with Crippen molar-refractivity contribution in [3.8, 4) is 0 Å². The molecule has 3 heterocycles. The molecule has 2 aromatic heterocycles. The second-order valence-corrected chi connectivity index (χ2v) is 6.72. The Morgan fingerprint density at radius 3 is 2.92 bits per heavy atom. The Morgan fingerprint density at radius 1 is 1.38 bits per heavy atom. The van der Waals surface area contributed by atoms with Gasteiger partial charge < -0.3 is 14.6 Å². The van der Waals surface area contributed by atoms with Gasteiger partial charge in [0.25, 0.3) is 0 Å². The number of furan rings is 1. The number of hydrogen-bond acceptors (Lipinski definition) is 6. The maximum absolute atomic E-state index is 11.8. The summed E-state index contributed by atoms with van der Waals surface area (Å²) in [6, 6.07) is 3.82. The van der Waals surface area contributed by atoms with E-state index in [-0.39, 0.29) is 5.91 Å². The number of nitrogens with one attached hydrogen (secondary N) is 1. The zero-order chi connectivity index (χ0) is 16.8. The number of nitrogens with zero attached hydrogens (tertiary/aromatic N) is 4. The monoisotopic (exact) mass is 349 g/mol. The summed E-state index contributed by atoms with van der Waals surface area (Å²) in [5, 5.41) is 12.3. The molecule has 0 bridgehead atoms. The van der Waals surface area contributed by atoms with Crippen LogP contribution in [0.4, 0.5) is 5.95 Å². The summed E-state index contributed by atoms with van der Waals surface area (Å²) < 4.78 is 7.52. The van der Waals surface area contributed by atoms with Gasteiger partial charge in [0.2, 0.25) is 11.9 Å². The largest absolute Gasteiger partial charge is 0.467 e. The highest BCUT2D eigenvalue weighted by Crippen LogP contribution is 2.25. The predicted octanol–water partition coefficient (Wildman–Crippen LogP) is 2.14. The lowest BCUT2D eigenvalue weighted by Crippen LogP contribution is -2.26. The highest BCUT2D eigenvalue weighted by molar-refractivity contribution is 7.99. The molecule has 1 saturated heterocycles. The van der Waals surface area contributed by atoms with E-state index in [9.17, 15) is 4.79 Å². The van der Waals surface area contributed by atoms with Crippen LogP contribution in [0.1, 0.15) is 31.9 Å². The van der Waals surface area contributed by atoms with Gasteiger partial charge >= 0.3 is 0 Å². The highest BCUT2D eigenvalue weighted by atomic mass is 32.2. The van der Waals surface area contributed by atoms with Crippen molar-refractivity contribution < 1.29 is 9.21 Å². The number of amides is 1. The summed E-state index contributed by atoms with van der Waals surface area (Å²) in [6.45, 7) is 5.31. The maximum Gasteiger partial charge on any atom is 0.230 e. The van der Waals surface area contributed by atoms with Crippen molar-refractivity contribution in [2.24, 2.45) is 0 Å². The van der Waals surface area contributed by atoms with Crippen LogP contribution in [-0.2, 0) is 11.3 Å². The van der Waals surface area contributed by atoms with Gasteiger partial charge in [-0.25, -0.2) is 0 Å². The van der Waals surface area contributed by atoms with Crippen molar-refractivity contribution in [2.45, 2.75) is 37.9 Å². The third-order valence-corrected chi connectivity index (χ3v) is 4.85. The molecule has 1 aliphatic rings. The lowest BCUT2D eigenvalue weighted by Gasteiger charge is -2.17. The first-order valence-corrected chi connectivity index (χ1v) is 9.36. The Labute approximate surface area is 145 Å². The fourth-order valence-corrected chi connectivity index (χ4v) is 3.44. The van der Waals surface area contributed by atoms with Gasteiger partial charge in [0.1, 0.15) is 5.76 Å². The fraction of sp³-hybridized carbons (Fsp3) is 0.562. The maximum atomic E-state index is 11.8. The van der Waals surface area contributed by atoms with Gasteiger partial charge in [0.15, 0.2) is 5.16 Å². The molecule has 3 rings (SSSR count). The van der Waals surface area contributed by atoms with E-state index in [1.165, 1.54) is 24.6 Å². The minimum atomic E-state index is 0.0251. The number of carbonyl (C=O) groups is 1. The van der Waals surface area contributed by atoms with E-state index in [0.717, 1.165) is 36.4 Å². The molecular weight excluding hydrogens is 326 g/mol. The first kappa shape index (κ1) is 16.9. The number of anilines is 1. The highest BCUT2D eigenvalue weighted by Gasteiger charge is 2.22. The Balaban J connectivity index is 1.73. The average Bonchev–Trinajstić information content (AvgIpc) is 3.33. The number of carbonyl (C=O) groups excluding carboxylic acids is 1. The van der Waals surface area contributed by atoms with Gasteiger partial charge in [0.05, 0.1) is 18.6 Å². The van der Waals surface area contributed by atoms with Crippen LogP contribution < -0.4 is 10.2 Å². The van der Waals surface area contributed by atoms with Crippen molar-refractivity contribution in [2.75, 3.05) is 30.3 Å². The molecule has 2 aromatic rings. The lowest BCUT2D eigenvalue weighted by molar-refractivity contribution is -0.118. The molecule has 1 N–H and O–H groups in total. The van der Waals surface area contributed by atoms with Crippen LogP contribution >= 0.6 is 11.8 Å². The van der Waals surface area contributed by atoms with E-state index < -0.39 is 0 Å². The van der Waals surface area contributed by atoms with E-state index in [0.29, 0.717) is 18.8 Å². The second kappa shape index (κ2) is 8.23. The average molecular weight is 349 g/mol. The summed E-state index contributed by atoms with van der Waals surface area (Å²) in [4.78, 5) is 14.1. The number of aromatic nitrogens is 3. The molecule has 1 aliphatic heterocycles. The molecule has 130 valence electrons. The standard InChI is InChI=1S/C16H23N5O2S/c1-2-7-17-14(22)12-24-16-19-18-15(20-8-3-4-9-20)21(16)11-13-6-5-10-23-13/h5-6,10H,2-4,7-9,11-12H2,1H3,(H,17,22). The van der Waals surface area contributed by atoms with Crippen molar-refractivity contribution in [3.63, 3.8) is 0 Å². The molecule has 0 radical (unpaired) electrons. The molecule has 1 fully saturated rings. The molecule has 24 heavy (non-hydrogen) atoms. The van der Waals surface area contributed by atoms with Crippen LogP contribution in [0.25, 0.3) is 0 Å². The summed E-state index contributed by atoms with van der Waals surface area (Å²) >= 11 is 1.42. The molecule has 7 nitrogen and oxygen atoms in total. The van der Waals surface area contributed by atoms with Crippen molar-refractivity contribution in [1.29, 1.82) is 0 Å². The molecule has 8 heteroatoms. The van der Waals surface area contributed by atoms with Gasteiger partial charge in [-0.15, -0.1) is 10.2 Å². The zero-order valence-corrected chi connectivity index (χ0v) is 14.7. The zero-order valence-electron chi connectivity index (χ0n) is 13.9. The van der Waals surface area contributed by atoms with Crippen LogP contribution in [0.15, 0.2) is 28.0 Å². The molecule has 0 aromatic carbocycles. The third kappa shape index (κ3) is 4.11. The van der Waals surface area contributed by atoms with Crippen molar-refractivity contribution in [1.82, 2.24) is 20.1 Å². The van der Waals surface area contributed by atoms with E-state index in [1.54, 1.807) is 6.26 Å². The number of hydrogen-bond donors (Lipinski definition) is 1. The number of rotatable bonds is 8. The SMILES string of the molecule is CCCNC(=O)CSc1nnc(N2CCCC2)n1Cc1ccco1. The normalized spacial score (nSPS) is 14.3. The van der Waals surface area contributed by atoms with Gasteiger partial charge in [-0.1, -0.05) is 18.7 Å². The molecule has 0 aliphatic carbocycles. The third-order valence-electron chi connectivity index (χ3n) is 3.88. The van der Waals surface area contributed by atoms with Crippen LogP contribution in [0.5, 0.6) is 0 Å². The molecule has 0 atom stereocenters. The summed E-state index contributed by atoms with van der Waals surface area (Å²) in [6.07, 6.45) is 4.95. The molecule has 1 amide bonds. The topological polar surface area (TPSA) is 76.2 Å². The molecule has 0 spiro atoms. The minimum Gasteiger partial charge on any atom is -0.467 e. The van der Waals surface area contributed by atoms with Gasteiger partial charge in [0, 0.05) is 19.6 Å². The van der Waals surface area contributed by atoms with Gasteiger partial charge in [-0.3, -0.25) is 9.36 Å². The van der Waals surface area contributed by atoms with Crippen LogP contribution in [0, 0.1) is 0 Å². The lowest BCUT2D eigenvalue weighted by atomic mass is 10.4. The van der Waals surface area contributed by atoms with E-state index in [2.05, 4.69) is 20.4 Å². The van der Waals surface area contributed by atoms with Crippen LogP contribution in [0.2, 0.25) is 0 Å². The van der Waals surface area contributed by atoms with Gasteiger partial charge in [-0.2, -0.15) is 0 Å². The van der Waals surface area contributed by atoms with E-state index in [1.807, 2.05) is 23.6 Å². The Kier molecular flexibility index (Phi) is 5.79. The van der Waals surface area contributed by atoms with Gasteiger partial charge in [-0.05, 0) is 31.4 Å².